The summed E-state index contributed by atoms with van der Waals surface area (Å²) in [5.41, 5.74) is 3.45. The van der Waals surface area contributed by atoms with Crippen molar-refractivity contribution in [2.45, 2.75) is 19.4 Å². The number of nitrogens with zero attached hydrogens (tertiary/aromatic N) is 1. The van der Waals surface area contributed by atoms with Gasteiger partial charge in [0, 0.05) is 11.7 Å². The molecule has 0 spiro atoms. The molecule has 2 aromatic rings. The second-order valence-corrected chi connectivity index (χ2v) is 4.73. The second-order valence-electron chi connectivity index (χ2n) is 3.95. The molecule has 2 rings (SSSR count). The molecule has 0 fully saturated rings. The average molecular weight is 242 g/mol. The van der Waals surface area contributed by atoms with Crippen LogP contribution in [-0.2, 0) is 6.42 Å². The first-order valence-electron chi connectivity index (χ1n) is 5.54. The number of anilines is 1. The predicted octanol–water partition coefficient (Wildman–Crippen LogP) is 3.99. The van der Waals surface area contributed by atoms with Crippen LogP contribution in [0.2, 0.25) is 0 Å². The van der Waals surface area contributed by atoms with Crippen molar-refractivity contribution in [1.29, 1.82) is 5.26 Å². The van der Waals surface area contributed by atoms with Crippen molar-refractivity contribution in [3.63, 3.8) is 0 Å². The molecule has 0 saturated carbocycles. The van der Waals surface area contributed by atoms with E-state index in [-0.39, 0.29) is 0 Å². The lowest BCUT2D eigenvalue weighted by atomic mass is 10.1. The molecule has 0 aliphatic heterocycles. The minimum atomic E-state index is 0.308. The minimum Gasteiger partial charge on any atom is -0.378 e. The number of benzene rings is 1. The second kappa shape index (κ2) is 5.51. The molecule has 2 nitrogen and oxygen atoms in total. The van der Waals surface area contributed by atoms with Gasteiger partial charge in [0.05, 0.1) is 12.5 Å². The van der Waals surface area contributed by atoms with Gasteiger partial charge in [-0.2, -0.15) is 16.6 Å². The standard InChI is InChI=1S/C14H14N2S/c1-11(13-7-9-17-10-13)16-14-4-2-12(3-5-14)6-8-15/h2-5,7,9-11,16H,6H2,1H3. The highest BCUT2D eigenvalue weighted by Gasteiger charge is 2.05. The molecular weight excluding hydrogens is 228 g/mol. The highest BCUT2D eigenvalue weighted by molar-refractivity contribution is 7.07. The van der Waals surface area contributed by atoms with Crippen molar-refractivity contribution in [3.8, 4) is 6.07 Å². The van der Waals surface area contributed by atoms with Crippen molar-refractivity contribution in [1.82, 2.24) is 0 Å². The first-order valence-corrected chi connectivity index (χ1v) is 6.48. The van der Waals surface area contributed by atoms with Crippen molar-refractivity contribution in [3.05, 3.63) is 52.2 Å². The highest BCUT2D eigenvalue weighted by Crippen LogP contribution is 2.21. The predicted molar refractivity (Wildman–Crippen MR) is 72.1 cm³/mol. The minimum absolute atomic E-state index is 0.308. The van der Waals surface area contributed by atoms with Crippen LogP contribution in [0.3, 0.4) is 0 Å². The maximum Gasteiger partial charge on any atom is 0.0669 e. The first-order chi connectivity index (χ1) is 8.29. The normalized spacial score (nSPS) is 11.8. The van der Waals surface area contributed by atoms with E-state index in [9.17, 15) is 0 Å². The highest BCUT2D eigenvalue weighted by atomic mass is 32.1. The Bertz CT molecular complexity index is 494. The van der Waals surface area contributed by atoms with E-state index in [2.05, 4.69) is 35.1 Å². The Morgan fingerprint density at radius 3 is 2.65 bits per heavy atom. The number of hydrogen-bond donors (Lipinski definition) is 1. The molecule has 1 N–H and O–H groups in total. The average Bonchev–Trinajstić information content (AvgIpc) is 2.86. The Morgan fingerprint density at radius 2 is 2.06 bits per heavy atom. The monoisotopic (exact) mass is 242 g/mol. The van der Waals surface area contributed by atoms with E-state index < -0.39 is 0 Å². The van der Waals surface area contributed by atoms with E-state index in [1.54, 1.807) is 11.3 Å². The smallest absolute Gasteiger partial charge is 0.0669 e. The molecule has 0 amide bonds. The van der Waals surface area contributed by atoms with Crippen LogP contribution in [-0.4, -0.2) is 0 Å². The molecule has 1 unspecified atom stereocenters. The fourth-order valence-electron chi connectivity index (χ4n) is 1.66. The number of hydrogen-bond acceptors (Lipinski definition) is 3. The molecule has 3 heteroatoms. The summed E-state index contributed by atoms with van der Waals surface area (Å²) in [6, 6.07) is 12.6. The Kier molecular flexibility index (Phi) is 3.79. The maximum absolute atomic E-state index is 8.59. The van der Waals surface area contributed by atoms with E-state index >= 15 is 0 Å². The maximum atomic E-state index is 8.59. The largest absolute Gasteiger partial charge is 0.378 e. The van der Waals surface area contributed by atoms with Crippen molar-refractivity contribution < 1.29 is 0 Å². The summed E-state index contributed by atoms with van der Waals surface area (Å²) in [5.74, 6) is 0. The van der Waals surface area contributed by atoms with Gasteiger partial charge in [-0.05, 0) is 47.0 Å². The zero-order valence-corrected chi connectivity index (χ0v) is 10.5. The lowest BCUT2D eigenvalue weighted by Gasteiger charge is -2.14. The molecule has 0 aliphatic rings. The van der Waals surface area contributed by atoms with Gasteiger partial charge in [0.1, 0.15) is 0 Å². The third-order valence-corrected chi connectivity index (χ3v) is 3.36. The SMILES string of the molecule is CC(Nc1ccc(CC#N)cc1)c1ccsc1. The van der Waals surface area contributed by atoms with Gasteiger partial charge in [0.2, 0.25) is 0 Å². The van der Waals surface area contributed by atoms with Crippen molar-refractivity contribution in [2.24, 2.45) is 0 Å². The van der Waals surface area contributed by atoms with Gasteiger partial charge in [-0.1, -0.05) is 12.1 Å². The van der Waals surface area contributed by atoms with Crippen LogP contribution in [0.4, 0.5) is 5.69 Å². The fourth-order valence-corrected chi connectivity index (χ4v) is 2.42. The summed E-state index contributed by atoms with van der Waals surface area (Å²) in [6.45, 7) is 2.14. The van der Waals surface area contributed by atoms with Gasteiger partial charge >= 0.3 is 0 Å². The van der Waals surface area contributed by atoms with Crippen LogP contribution in [0.15, 0.2) is 41.1 Å². The van der Waals surface area contributed by atoms with Crippen molar-refractivity contribution in [2.75, 3.05) is 5.32 Å². The Hall–Kier alpha value is -1.79. The molecular formula is C14H14N2S. The topological polar surface area (TPSA) is 35.8 Å². The van der Waals surface area contributed by atoms with E-state index in [1.807, 2.05) is 24.3 Å². The van der Waals surface area contributed by atoms with Gasteiger partial charge in [-0.3, -0.25) is 0 Å². The summed E-state index contributed by atoms with van der Waals surface area (Å²) in [6.07, 6.45) is 0.473. The summed E-state index contributed by atoms with van der Waals surface area (Å²) < 4.78 is 0. The number of rotatable bonds is 4. The molecule has 0 aliphatic carbocycles. The fraction of sp³-hybridized carbons (Fsp3) is 0.214. The molecule has 0 radical (unpaired) electrons. The van der Waals surface area contributed by atoms with Crippen LogP contribution in [0.1, 0.15) is 24.1 Å². The summed E-state index contributed by atoms with van der Waals surface area (Å²) in [5, 5.41) is 16.3. The summed E-state index contributed by atoms with van der Waals surface area (Å²) in [4.78, 5) is 0. The van der Waals surface area contributed by atoms with Crippen molar-refractivity contribution >= 4 is 17.0 Å². The lowest BCUT2D eigenvalue weighted by Crippen LogP contribution is -2.05. The number of thiophene rings is 1. The molecule has 86 valence electrons. The molecule has 1 aromatic heterocycles. The van der Waals surface area contributed by atoms with E-state index in [0.717, 1.165) is 11.3 Å². The molecule has 0 saturated heterocycles. The Morgan fingerprint density at radius 1 is 1.29 bits per heavy atom. The molecule has 1 aromatic carbocycles. The van der Waals surface area contributed by atoms with Gasteiger partial charge in [0.15, 0.2) is 0 Å². The summed E-state index contributed by atoms with van der Waals surface area (Å²) in [7, 11) is 0. The molecule has 0 bridgehead atoms. The lowest BCUT2D eigenvalue weighted by molar-refractivity contribution is 0.890. The van der Waals surface area contributed by atoms with E-state index in [4.69, 9.17) is 5.26 Å². The number of nitrogens with one attached hydrogen (secondary N) is 1. The van der Waals surface area contributed by atoms with Gasteiger partial charge in [0.25, 0.3) is 0 Å². The first kappa shape index (κ1) is 11.7. The van der Waals surface area contributed by atoms with Crippen LogP contribution < -0.4 is 5.32 Å². The molecule has 1 heterocycles. The zero-order valence-electron chi connectivity index (χ0n) is 9.68. The molecule has 1 atom stereocenters. The third kappa shape index (κ3) is 3.08. The quantitative estimate of drug-likeness (QED) is 0.880. The number of nitriles is 1. The van der Waals surface area contributed by atoms with Crippen LogP contribution >= 0.6 is 11.3 Å². The molecule has 17 heavy (non-hydrogen) atoms. The van der Waals surface area contributed by atoms with Crippen LogP contribution in [0.25, 0.3) is 0 Å². The van der Waals surface area contributed by atoms with E-state index in [0.29, 0.717) is 12.5 Å². The summed E-state index contributed by atoms with van der Waals surface area (Å²) >= 11 is 1.71. The van der Waals surface area contributed by atoms with Gasteiger partial charge < -0.3 is 5.32 Å². The van der Waals surface area contributed by atoms with Gasteiger partial charge in [-0.15, -0.1) is 0 Å². The van der Waals surface area contributed by atoms with Crippen LogP contribution in [0.5, 0.6) is 0 Å². The Labute approximate surface area is 106 Å². The Balaban J connectivity index is 2.02. The van der Waals surface area contributed by atoms with Crippen LogP contribution in [0, 0.1) is 11.3 Å². The van der Waals surface area contributed by atoms with Gasteiger partial charge in [-0.25, -0.2) is 0 Å². The third-order valence-electron chi connectivity index (χ3n) is 2.66. The van der Waals surface area contributed by atoms with E-state index in [1.165, 1.54) is 5.56 Å². The zero-order chi connectivity index (χ0) is 12.1.